The quantitative estimate of drug-likeness (QED) is 0.660. The monoisotopic (exact) mass is 420 g/mol. The van der Waals surface area contributed by atoms with Crippen molar-refractivity contribution in [3.8, 4) is 5.75 Å². The van der Waals surface area contributed by atoms with Gasteiger partial charge in [-0.05, 0) is 42.0 Å². The maximum Gasteiger partial charge on any atom is 0.289 e. The van der Waals surface area contributed by atoms with E-state index >= 15 is 0 Å². The van der Waals surface area contributed by atoms with E-state index in [0.29, 0.717) is 37.6 Å². The summed E-state index contributed by atoms with van der Waals surface area (Å²) in [7, 11) is 1.61. The molecule has 4 rings (SSSR count). The van der Waals surface area contributed by atoms with Crippen molar-refractivity contribution in [2.75, 3.05) is 43.5 Å². The molecular weight excluding hydrogens is 396 g/mol. The van der Waals surface area contributed by atoms with E-state index in [9.17, 15) is 9.59 Å². The number of methoxy groups -OCH3 is 1. The summed E-state index contributed by atoms with van der Waals surface area (Å²) < 4.78 is 10.3. The van der Waals surface area contributed by atoms with Gasteiger partial charge in [0, 0.05) is 26.2 Å². The van der Waals surface area contributed by atoms with Crippen LogP contribution < -0.4 is 15.0 Å². The summed E-state index contributed by atoms with van der Waals surface area (Å²) in [6, 6.07) is 14.5. The van der Waals surface area contributed by atoms with Crippen molar-refractivity contribution in [1.29, 1.82) is 0 Å². The lowest BCUT2D eigenvalue weighted by Crippen LogP contribution is -2.49. The number of aromatic nitrogens is 1. The highest BCUT2D eigenvalue weighted by atomic mass is 16.5. The predicted octanol–water partition coefficient (Wildman–Crippen LogP) is 2.83. The van der Waals surface area contributed by atoms with Gasteiger partial charge in [-0.15, -0.1) is 0 Å². The van der Waals surface area contributed by atoms with Crippen LogP contribution in [0.4, 0.5) is 11.5 Å². The van der Waals surface area contributed by atoms with Crippen LogP contribution in [0.3, 0.4) is 0 Å². The van der Waals surface area contributed by atoms with Crippen molar-refractivity contribution in [2.45, 2.75) is 6.42 Å². The van der Waals surface area contributed by atoms with E-state index in [1.54, 1.807) is 30.3 Å². The van der Waals surface area contributed by atoms with Crippen LogP contribution >= 0.6 is 0 Å². The molecule has 0 bridgehead atoms. The Morgan fingerprint density at radius 3 is 2.45 bits per heavy atom. The van der Waals surface area contributed by atoms with Gasteiger partial charge >= 0.3 is 0 Å². The molecule has 1 fully saturated rings. The molecule has 160 valence electrons. The highest BCUT2D eigenvalue weighted by Crippen LogP contribution is 2.18. The molecule has 1 aromatic carbocycles. The topological polar surface area (TPSA) is 87.9 Å². The lowest BCUT2D eigenvalue weighted by molar-refractivity contribution is -0.115. The Hall–Kier alpha value is -3.81. The summed E-state index contributed by atoms with van der Waals surface area (Å²) in [6.45, 7) is 2.56. The van der Waals surface area contributed by atoms with Crippen LogP contribution in [0.25, 0.3) is 0 Å². The van der Waals surface area contributed by atoms with Gasteiger partial charge in [0.1, 0.15) is 11.6 Å². The molecule has 31 heavy (non-hydrogen) atoms. The Morgan fingerprint density at radius 2 is 1.84 bits per heavy atom. The van der Waals surface area contributed by atoms with Crippen LogP contribution in [0.1, 0.15) is 16.1 Å². The van der Waals surface area contributed by atoms with Gasteiger partial charge in [0.2, 0.25) is 5.91 Å². The first-order chi connectivity index (χ1) is 15.1. The Labute approximate surface area is 180 Å². The van der Waals surface area contributed by atoms with Crippen molar-refractivity contribution in [2.24, 2.45) is 0 Å². The molecule has 0 aliphatic carbocycles. The standard InChI is InChI=1S/C23H24N4O4/c1-30-19-7-4-17(5-8-19)15-22(28)25-18-6-9-21(24-16-18)26-10-12-27(13-11-26)23(29)20-3-2-14-31-20/h2-9,14,16H,10-13,15H2,1H3,(H,25,28). The zero-order chi connectivity index (χ0) is 21.6. The Morgan fingerprint density at radius 1 is 1.06 bits per heavy atom. The second-order valence-electron chi connectivity index (χ2n) is 7.23. The third-order valence-corrected chi connectivity index (χ3v) is 5.18. The molecule has 8 nitrogen and oxygen atoms in total. The van der Waals surface area contributed by atoms with Crippen molar-refractivity contribution >= 4 is 23.3 Å². The summed E-state index contributed by atoms with van der Waals surface area (Å²) in [5.74, 6) is 1.74. The van der Waals surface area contributed by atoms with Crippen molar-refractivity contribution < 1.29 is 18.7 Å². The van der Waals surface area contributed by atoms with E-state index in [-0.39, 0.29) is 18.2 Å². The molecule has 1 N–H and O–H groups in total. The van der Waals surface area contributed by atoms with Crippen molar-refractivity contribution in [1.82, 2.24) is 9.88 Å². The summed E-state index contributed by atoms with van der Waals surface area (Å²) in [6.07, 6.45) is 3.43. The van der Waals surface area contributed by atoms with E-state index in [0.717, 1.165) is 17.1 Å². The van der Waals surface area contributed by atoms with Crippen LogP contribution in [-0.4, -0.2) is 55.0 Å². The van der Waals surface area contributed by atoms with Crippen LogP contribution in [0, 0.1) is 0 Å². The Balaban J connectivity index is 1.28. The normalized spacial score (nSPS) is 13.7. The number of carbonyl (C=O) groups is 2. The number of ether oxygens (including phenoxy) is 1. The minimum Gasteiger partial charge on any atom is -0.497 e. The first-order valence-corrected chi connectivity index (χ1v) is 10.1. The van der Waals surface area contributed by atoms with Crippen LogP contribution in [-0.2, 0) is 11.2 Å². The predicted molar refractivity (Wildman–Crippen MR) is 116 cm³/mol. The van der Waals surface area contributed by atoms with Gasteiger partial charge in [0.25, 0.3) is 5.91 Å². The van der Waals surface area contributed by atoms with Crippen LogP contribution in [0.2, 0.25) is 0 Å². The number of hydrogen-bond donors (Lipinski definition) is 1. The number of amides is 2. The largest absolute Gasteiger partial charge is 0.497 e. The molecule has 1 saturated heterocycles. The lowest BCUT2D eigenvalue weighted by atomic mass is 10.1. The van der Waals surface area contributed by atoms with Gasteiger partial charge in [0.05, 0.1) is 31.7 Å². The summed E-state index contributed by atoms with van der Waals surface area (Å²) in [4.78, 5) is 33.0. The fourth-order valence-electron chi connectivity index (χ4n) is 3.48. The van der Waals surface area contributed by atoms with Crippen LogP contribution in [0.15, 0.2) is 65.4 Å². The van der Waals surface area contributed by atoms with E-state index in [2.05, 4.69) is 15.2 Å². The average Bonchev–Trinajstić information content (AvgIpc) is 3.35. The molecule has 0 saturated carbocycles. The molecule has 1 aliphatic rings. The van der Waals surface area contributed by atoms with Gasteiger partial charge in [-0.3, -0.25) is 9.59 Å². The van der Waals surface area contributed by atoms with E-state index in [1.807, 2.05) is 36.4 Å². The second kappa shape index (κ2) is 9.34. The third kappa shape index (κ3) is 5.03. The maximum absolute atomic E-state index is 12.4. The van der Waals surface area contributed by atoms with Crippen molar-refractivity contribution in [3.05, 3.63) is 72.3 Å². The molecular formula is C23H24N4O4. The zero-order valence-electron chi connectivity index (χ0n) is 17.3. The average molecular weight is 420 g/mol. The molecule has 0 unspecified atom stereocenters. The molecule has 0 radical (unpaired) electrons. The number of carbonyl (C=O) groups excluding carboxylic acids is 2. The maximum atomic E-state index is 12.4. The van der Waals surface area contributed by atoms with E-state index in [1.165, 1.54) is 6.26 Å². The first-order valence-electron chi connectivity index (χ1n) is 10.1. The highest BCUT2D eigenvalue weighted by molar-refractivity contribution is 5.92. The van der Waals surface area contributed by atoms with Gasteiger partial charge in [-0.2, -0.15) is 0 Å². The number of nitrogens with zero attached hydrogens (tertiary/aromatic N) is 3. The van der Waals surface area contributed by atoms with Gasteiger partial charge in [0.15, 0.2) is 5.76 Å². The number of nitrogens with one attached hydrogen (secondary N) is 1. The number of benzene rings is 1. The van der Waals surface area contributed by atoms with Crippen LogP contribution in [0.5, 0.6) is 5.75 Å². The number of hydrogen-bond acceptors (Lipinski definition) is 6. The summed E-state index contributed by atoms with van der Waals surface area (Å²) in [5.41, 5.74) is 1.55. The lowest BCUT2D eigenvalue weighted by Gasteiger charge is -2.35. The molecule has 3 aromatic rings. The minimum absolute atomic E-state index is 0.0903. The van der Waals surface area contributed by atoms with Gasteiger partial charge in [-0.25, -0.2) is 4.98 Å². The van der Waals surface area contributed by atoms with E-state index in [4.69, 9.17) is 9.15 Å². The van der Waals surface area contributed by atoms with Crippen molar-refractivity contribution in [3.63, 3.8) is 0 Å². The number of anilines is 2. The fourth-order valence-corrected chi connectivity index (χ4v) is 3.48. The molecule has 0 atom stereocenters. The van der Waals surface area contributed by atoms with Gasteiger partial charge < -0.3 is 24.3 Å². The Bertz CT molecular complexity index is 1010. The summed E-state index contributed by atoms with van der Waals surface area (Å²) in [5, 5.41) is 2.87. The minimum atomic E-state index is -0.107. The summed E-state index contributed by atoms with van der Waals surface area (Å²) >= 11 is 0. The third-order valence-electron chi connectivity index (χ3n) is 5.18. The smallest absolute Gasteiger partial charge is 0.289 e. The second-order valence-corrected chi connectivity index (χ2v) is 7.23. The highest BCUT2D eigenvalue weighted by Gasteiger charge is 2.24. The first kappa shape index (κ1) is 20.5. The van der Waals surface area contributed by atoms with E-state index < -0.39 is 0 Å². The molecule has 2 aromatic heterocycles. The molecule has 2 amide bonds. The zero-order valence-corrected chi connectivity index (χ0v) is 17.3. The molecule has 1 aliphatic heterocycles. The fraction of sp³-hybridized carbons (Fsp3) is 0.261. The Kier molecular flexibility index (Phi) is 6.16. The SMILES string of the molecule is COc1ccc(CC(=O)Nc2ccc(N3CCN(C(=O)c4ccco4)CC3)nc2)cc1. The molecule has 3 heterocycles. The number of piperazine rings is 1. The molecule has 0 spiro atoms. The number of rotatable bonds is 6. The molecule has 8 heteroatoms. The number of furan rings is 1. The van der Waals surface area contributed by atoms with Gasteiger partial charge in [-0.1, -0.05) is 12.1 Å². The number of pyridine rings is 1.